The molecule has 2 rings (SSSR count). The van der Waals surface area contributed by atoms with E-state index in [0.717, 1.165) is 0 Å². The summed E-state index contributed by atoms with van der Waals surface area (Å²) >= 11 is 0. The van der Waals surface area contributed by atoms with Gasteiger partial charge in [0.2, 0.25) is 17.8 Å². The smallest absolute Gasteiger partial charge is 0.323 e. The summed E-state index contributed by atoms with van der Waals surface area (Å²) in [6.45, 7) is 8.57. The predicted octanol–water partition coefficient (Wildman–Crippen LogP) is 1.39. The first-order chi connectivity index (χ1) is 10.1. The van der Waals surface area contributed by atoms with Gasteiger partial charge in [-0.05, 0) is 27.7 Å². The lowest BCUT2D eigenvalue weighted by molar-refractivity contribution is 0.222. The molecule has 2 aromatic heterocycles. The quantitative estimate of drug-likeness (QED) is 0.782. The van der Waals surface area contributed by atoms with Gasteiger partial charge in [-0.1, -0.05) is 5.16 Å². The summed E-state index contributed by atoms with van der Waals surface area (Å²) in [5, 5.41) is 9.75. The molecule has 21 heavy (non-hydrogen) atoms. The van der Waals surface area contributed by atoms with Gasteiger partial charge in [-0.2, -0.15) is 19.9 Å². The van der Waals surface area contributed by atoms with E-state index in [-0.39, 0.29) is 12.1 Å². The third kappa shape index (κ3) is 4.55. The summed E-state index contributed by atoms with van der Waals surface area (Å²) in [7, 11) is 0. The standard InChI is InChI=1S/C12H19N7O2/c1-5-13-10-16-11(18-12(17-10)20-7(2)3)14-6-9-15-8(4)19-21-9/h7H,5-6H2,1-4H3,(H2,13,14,16,17,18). The van der Waals surface area contributed by atoms with Crippen LogP contribution in [0.3, 0.4) is 0 Å². The van der Waals surface area contributed by atoms with E-state index in [1.807, 2.05) is 20.8 Å². The Labute approximate surface area is 122 Å². The highest BCUT2D eigenvalue weighted by Gasteiger charge is 2.10. The number of hydrogen-bond acceptors (Lipinski definition) is 9. The number of anilines is 2. The molecule has 2 heterocycles. The lowest BCUT2D eigenvalue weighted by Gasteiger charge is -2.11. The second-order valence-electron chi connectivity index (χ2n) is 4.55. The molecule has 0 radical (unpaired) electrons. The van der Waals surface area contributed by atoms with Crippen LogP contribution in [0.15, 0.2) is 4.52 Å². The Morgan fingerprint density at radius 3 is 2.38 bits per heavy atom. The van der Waals surface area contributed by atoms with Crippen LogP contribution in [0.5, 0.6) is 6.01 Å². The van der Waals surface area contributed by atoms with Crippen molar-refractivity contribution in [1.29, 1.82) is 0 Å². The zero-order chi connectivity index (χ0) is 15.2. The third-order valence-electron chi connectivity index (χ3n) is 2.26. The van der Waals surface area contributed by atoms with E-state index in [9.17, 15) is 0 Å². The summed E-state index contributed by atoms with van der Waals surface area (Å²) in [5.74, 6) is 1.88. The average molecular weight is 293 g/mol. The highest BCUT2D eigenvalue weighted by Crippen LogP contribution is 2.13. The fourth-order valence-corrected chi connectivity index (χ4v) is 1.50. The summed E-state index contributed by atoms with van der Waals surface area (Å²) in [4.78, 5) is 16.7. The molecule has 9 nitrogen and oxygen atoms in total. The van der Waals surface area contributed by atoms with E-state index in [1.54, 1.807) is 6.92 Å². The summed E-state index contributed by atoms with van der Waals surface area (Å²) in [6, 6.07) is 0.264. The second kappa shape index (κ2) is 6.82. The lowest BCUT2D eigenvalue weighted by Crippen LogP contribution is -2.13. The van der Waals surface area contributed by atoms with E-state index in [2.05, 4.69) is 35.7 Å². The molecule has 0 bridgehead atoms. The van der Waals surface area contributed by atoms with Crippen LogP contribution >= 0.6 is 0 Å². The van der Waals surface area contributed by atoms with Crippen LogP contribution in [0.4, 0.5) is 11.9 Å². The lowest BCUT2D eigenvalue weighted by atomic mass is 10.5. The van der Waals surface area contributed by atoms with Gasteiger partial charge in [0.05, 0.1) is 12.6 Å². The highest BCUT2D eigenvalue weighted by atomic mass is 16.5. The van der Waals surface area contributed by atoms with Crippen LogP contribution < -0.4 is 15.4 Å². The monoisotopic (exact) mass is 293 g/mol. The van der Waals surface area contributed by atoms with Crippen molar-refractivity contribution in [3.8, 4) is 6.01 Å². The second-order valence-corrected chi connectivity index (χ2v) is 4.55. The molecule has 0 saturated heterocycles. The maximum atomic E-state index is 5.50. The molecule has 0 fully saturated rings. The molecule has 0 atom stereocenters. The van der Waals surface area contributed by atoms with Crippen LogP contribution in [0.25, 0.3) is 0 Å². The highest BCUT2D eigenvalue weighted by molar-refractivity contribution is 5.35. The normalized spacial score (nSPS) is 10.7. The molecule has 0 unspecified atom stereocenters. The van der Waals surface area contributed by atoms with Crippen molar-refractivity contribution >= 4 is 11.9 Å². The van der Waals surface area contributed by atoms with Crippen LogP contribution in [-0.2, 0) is 6.54 Å². The van der Waals surface area contributed by atoms with Crippen molar-refractivity contribution in [3.63, 3.8) is 0 Å². The Balaban J connectivity index is 2.10. The minimum absolute atomic E-state index is 0.0201. The van der Waals surface area contributed by atoms with Crippen molar-refractivity contribution in [2.75, 3.05) is 17.2 Å². The zero-order valence-corrected chi connectivity index (χ0v) is 12.5. The number of hydrogen-bond donors (Lipinski definition) is 2. The van der Waals surface area contributed by atoms with Crippen molar-refractivity contribution in [2.45, 2.75) is 40.3 Å². The Hall–Kier alpha value is -2.45. The Bertz CT molecular complexity index is 585. The Kier molecular flexibility index (Phi) is 4.85. The summed E-state index contributed by atoms with van der Waals surface area (Å²) < 4.78 is 10.5. The maximum Gasteiger partial charge on any atom is 0.323 e. The largest absolute Gasteiger partial charge is 0.461 e. The van der Waals surface area contributed by atoms with Crippen molar-refractivity contribution in [1.82, 2.24) is 25.1 Å². The molecule has 2 N–H and O–H groups in total. The van der Waals surface area contributed by atoms with Gasteiger partial charge in [-0.15, -0.1) is 0 Å². The van der Waals surface area contributed by atoms with Gasteiger partial charge in [0.15, 0.2) is 5.82 Å². The minimum Gasteiger partial charge on any atom is -0.461 e. The molecule has 0 aromatic carbocycles. The van der Waals surface area contributed by atoms with Crippen molar-refractivity contribution in [2.24, 2.45) is 0 Å². The van der Waals surface area contributed by atoms with Gasteiger partial charge in [0.25, 0.3) is 0 Å². The van der Waals surface area contributed by atoms with Gasteiger partial charge >= 0.3 is 6.01 Å². The van der Waals surface area contributed by atoms with Gasteiger partial charge in [-0.25, -0.2) is 0 Å². The number of nitrogens with zero attached hydrogens (tertiary/aromatic N) is 5. The van der Waals surface area contributed by atoms with E-state index < -0.39 is 0 Å². The van der Waals surface area contributed by atoms with Gasteiger partial charge in [0.1, 0.15) is 0 Å². The van der Waals surface area contributed by atoms with Gasteiger partial charge < -0.3 is 19.9 Å². The zero-order valence-electron chi connectivity index (χ0n) is 12.5. The molecule has 0 aliphatic rings. The molecule has 114 valence electrons. The first-order valence-electron chi connectivity index (χ1n) is 6.76. The molecule has 2 aromatic rings. The average Bonchev–Trinajstić information content (AvgIpc) is 2.82. The van der Waals surface area contributed by atoms with E-state index in [4.69, 9.17) is 9.26 Å². The minimum atomic E-state index is -0.0201. The Morgan fingerprint density at radius 1 is 1.10 bits per heavy atom. The van der Waals surface area contributed by atoms with Gasteiger partial charge in [-0.3, -0.25) is 0 Å². The first-order valence-corrected chi connectivity index (χ1v) is 6.76. The Morgan fingerprint density at radius 2 is 1.81 bits per heavy atom. The topological polar surface area (TPSA) is 111 Å². The summed E-state index contributed by atoms with van der Waals surface area (Å²) in [5.41, 5.74) is 0. The van der Waals surface area contributed by atoms with Gasteiger partial charge in [0, 0.05) is 6.54 Å². The third-order valence-corrected chi connectivity index (χ3v) is 2.26. The fraction of sp³-hybridized carbons (Fsp3) is 0.583. The van der Waals surface area contributed by atoms with E-state index >= 15 is 0 Å². The molecule has 9 heteroatoms. The van der Waals surface area contributed by atoms with Crippen LogP contribution in [0.1, 0.15) is 32.5 Å². The van der Waals surface area contributed by atoms with Crippen LogP contribution in [0.2, 0.25) is 0 Å². The molecule has 0 aliphatic carbocycles. The molecule has 0 aliphatic heterocycles. The van der Waals surface area contributed by atoms with Crippen LogP contribution in [0, 0.1) is 6.92 Å². The molecule has 0 spiro atoms. The number of nitrogens with one attached hydrogen (secondary N) is 2. The molecule has 0 amide bonds. The first kappa shape index (κ1) is 14.9. The predicted molar refractivity (Wildman–Crippen MR) is 76.1 cm³/mol. The van der Waals surface area contributed by atoms with Crippen molar-refractivity contribution < 1.29 is 9.26 Å². The summed E-state index contributed by atoms with van der Waals surface area (Å²) in [6.07, 6.45) is -0.0201. The number of aromatic nitrogens is 5. The maximum absolute atomic E-state index is 5.50. The number of ether oxygens (including phenoxy) is 1. The van der Waals surface area contributed by atoms with E-state index in [0.29, 0.717) is 36.7 Å². The molecular weight excluding hydrogens is 274 g/mol. The van der Waals surface area contributed by atoms with Crippen molar-refractivity contribution in [3.05, 3.63) is 11.7 Å². The van der Waals surface area contributed by atoms with Crippen LogP contribution in [-0.4, -0.2) is 37.7 Å². The molecular formula is C12H19N7O2. The number of aryl methyl sites for hydroxylation is 1. The fourth-order valence-electron chi connectivity index (χ4n) is 1.50. The molecule has 0 saturated carbocycles. The van der Waals surface area contributed by atoms with E-state index in [1.165, 1.54) is 0 Å². The number of rotatable bonds is 7. The SMILES string of the molecule is CCNc1nc(NCc2nc(C)no2)nc(OC(C)C)n1.